The normalized spacial score (nSPS) is 11.4. The van der Waals surface area contributed by atoms with Gasteiger partial charge in [-0.3, -0.25) is 9.89 Å². The Labute approximate surface area is 221 Å². The van der Waals surface area contributed by atoms with Gasteiger partial charge in [-0.05, 0) is 55.8 Å². The number of fused-ring (bicyclic) bond motifs is 1. The molecular weight excluding hydrogens is 506 g/mol. The van der Waals surface area contributed by atoms with E-state index in [1.54, 1.807) is 30.6 Å². The lowest BCUT2D eigenvalue weighted by Crippen LogP contribution is -2.13. The molecule has 2 aromatic carbocycles. The lowest BCUT2D eigenvalue weighted by atomic mass is 9.86. The van der Waals surface area contributed by atoms with Crippen LogP contribution in [0.25, 0.3) is 16.9 Å². The van der Waals surface area contributed by atoms with Crippen LogP contribution in [0.15, 0.2) is 73.3 Å². The summed E-state index contributed by atoms with van der Waals surface area (Å²) in [5.74, 6) is 2.95. The van der Waals surface area contributed by atoms with E-state index >= 15 is 0 Å². The third-order valence-electron chi connectivity index (χ3n) is 6.02. The highest BCUT2D eigenvalue weighted by molar-refractivity contribution is 6.09. The average molecular weight is 529 g/mol. The second-order valence-electron chi connectivity index (χ2n) is 8.99. The molecule has 1 amide bonds. The van der Waals surface area contributed by atoms with Crippen molar-refractivity contribution in [1.82, 2.24) is 24.8 Å². The number of hydrogen-bond acceptors (Lipinski definition) is 6. The molecule has 0 aliphatic heterocycles. The highest BCUT2D eigenvalue weighted by Gasteiger charge is 2.21. The molecule has 39 heavy (non-hydrogen) atoms. The van der Waals surface area contributed by atoms with E-state index in [9.17, 15) is 13.6 Å². The minimum Gasteiger partial charge on any atom is -0.457 e. The predicted molar refractivity (Wildman–Crippen MR) is 140 cm³/mol. The zero-order chi connectivity index (χ0) is 27.6. The number of alkyl halides is 2. The van der Waals surface area contributed by atoms with E-state index in [0.717, 1.165) is 5.56 Å². The van der Waals surface area contributed by atoms with Crippen LogP contribution in [-0.2, 0) is 5.41 Å². The summed E-state index contributed by atoms with van der Waals surface area (Å²) in [5.41, 5.74) is 1.74. The van der Waals surface area contributed by atoms with Crippen molar-refractivity contribution in [2.75, 3.05) is 5.32 Å². The Balaban J connectivity index is 1.45. The Kier molecular flexibility index (Phi) is 6.68. The fourth-order valence-corrected chi connectivity index (χ4v) is 3.89. The number of benzene rings is 2. The van der Waals surface area contributed by atoms with Gasteiger partial charge in [-0.15, -0.1) is 6.42 Å². The lowest BCUT2D eigenvalue weighted by Gasteiger charge is -2.18. The summed E-state index contributed by atoms with van der Waals surface area (Å²) in [5, 5.41) is 13.6. The van der Waals surface area contributed by atoms with Gasteiger partial charge in [0.2, 0.25) is 0 Å². The van der Waals surface area contributed by atoms with E-state index < -0.39 is 17.9 Å². The third-order valence-corrected chi connectivity index (χ3v) is 6.02. The first kappa shape index (κ1) is 25.4. The molecular formula is C28H22F2N6O3. The molecule has 0 fully saturated rings. The topological polar surface area (TPSA) is 106 Å². The quantitative estimate of drug-likeness (QED) is 0.251. The Morgan fingerprint density at radius 2 is 1.92 bits per heavy atom. The summed E-state index contributed by atoms with van der Waals surface area (Å²) in [6.07, 6.45) is 11.6. The van der Waals surface area contributed by atoms with E-state index in [-0.39, 0.29) is 28.3 Å². The van der Waals surface area contributed by atoms with E-state index in [1.165, 1.54) is 35.1 Å². The number of H-pyrrole nitrogens is 1. The molecule has 0 saturated heterocycles. The van der Waals surface area contributed by atoms with Crippen LogP contribution in [0, 0.1) is 12.3 Å². The minimum atomic E-state index is -3.08. The summed E-state index contributed by atoms with van der Waals surface area (Å²) in [6, 6.07) is 13.3. The molecule has 196 valence electrons. The van der Waals surface area contributed by atoms with E-state index in [1.807, 2.05) is 26.0 Å². The monoisotopic (exact) mass is 528 g/mol. The van der Waals surface area contributed by atoms with E-state index in [0.29, 0.717) is 17.1 Å². The number of amides is 1. The van der Waals surface area contributed by atoms with Crippen LogP contribution >= 0.6 is 0 Å². The van der Waals surface area contributed by atoms with Gasteiger partial charge in [0.15, 0.2) is 5.65 Å². The first-order chi connectivity index (χ1) is 18.7. The van der Waals surface area contributed by atoms with Crippen molar-refractivity contribution in [3.05, 3.63) is 84.4 Å². The number of terminal acetylenes is 1. The molecule has 2 N–H and O–H groups in total. The molecule has 0 atom stereocenters. The Bertz CT molecular complexity index is 1690. The number of rotatable bonds is 8. The van der Waals surface area contributed by atoms with Crippen LogP contribution in [0.3, 0.4) is 0 Å². The summed E-state index contributed by atoms with van der Waals surface area (Å²) >= 11 is 0. The number of nitrogens with zero attached hydrogens (tertiary/aromatic N) is 4. The van der Waals surface area contributed by atoms with Gasteiger partial charge in [0.1, 0.15) is 22.8 Å². The molecule has 9 nitrogen and oxygen atoms in total. The fourth-order valence-electron chi connectivity index (χ4n) is 3.89. The largest absolute Gasteiger partial charge is 0.457 e. The molecule has 0 unspecified atom stereocenters. The number of carbonyl (C=O) groups is 1. The molecule has 0 radical (unpaired) electrons. The number of halogens is 2. The summed E-state index contributed by atoms with van der Waals surface area (Å²) in [4.78, 5) is 17.2. The molecule has 3 aromatic heterocycles. The van der Waals surface area contributed by atoms with Crippen LogP contribution in [0.5, 0.6) is 17.2 Å². The maximum atomic E-state index is 13.2. The van der Waals surface area contributed by atoms with Gasteiger partial charge >= 0.3 is 6.61 Å². The number of nitrogens with one attached hydrogen (secondary N) is 2. The van der Waals surface area contributed by atoms with Crippen molar-refractivity contribution >= 4 is 17.2 Å². The van der Waals surface area contributed by atoms with Gasteiger partial charge in [0, 0.05) is 18.0 Å². The molecule has 0 aliphatic carbocycles. The van der Waals surface area contributed by atoms with Crippen molar-refractivity contribution in [3.63, 3.8) is 0 Å². The van der Waals surface area contributed by atoms with Crippen LogP contribution in [0.4, 0.5) is 14.5 Å². The minimum absolute atomic E-state index is 0.138. The zero-order valence-electron chi connectivity index (χ0n) is 20.9. The Morgan fingerprint density at radius 1 is 1.15 bits per heavy atom. The highest BCUT2D eigenvalue weighted by atomic mass is 19.3. The van der Waals surface area contributed by atoms with E-state index in [4.69, 9.17) is 15.9 Å². The molecule has 0 bridgehead atoms. The Hall–Kier alpha value is -5.24. The number of anilines is 1. The third kappa shape index (κ3) is 5.26. The molecule has 5 aromatic rings. The second kappa shape index (κ2) is 10.3. The maximum absolute atomic E-state index is 13.2. The molecule has 3 heterocycles. The number of aromatic nitrogens is 5. The van der Waals surface area contributed by atoms with Crippen molar-refractivity contribution < 1.29 is 23.0 Å². The Morgan fingerprint density at radius 3 is 2.67 bits per heavy atom. The first-order valence-electron chi connectivity index (χ1n) is 11.7. The van der Waals surface area contributed by atoms with Crippen molar-refractivity contribution in [1.29, 1.82) is 0 Å². The molecule has 0 aliphatic rings. The fraction of sp³-hybridized carbons (Fsp3) is 0.143. The SMILES string of the molecule is C#CC(C)(C)c1ccc(Oc2ccc(OC(F)F)c(-c3[nH]ncc3NC(=O)c3cnn4cccnc34)c2)cc1. The zero-order valence-corrected chi connectivity index (χ0v) is 20.9. The molecule has 11 heteroatoms. The highest BCUT2D eigenvalue weighted by Crippen LogP contribution is 2.38. The number of hydrogen-bond donors (Lipinski definition) is 2. The maximum Gasteiger partial charge on any atom is 0.387 e. The van der Waals surface area contributed by atoms with Crippen molar-refractivity contribution in [2.45, 2.75) is 25.9 Å². The smallest absolute Gasteiger partial charge is 0.387 e. The van der Waals surface area contributed by atoms with E-state index in [2.05, 4.69) is 31.5 Å². The van der Waals surface area contributed by atoms with Gasteiger partial charge in [0.25, 0.3) is 5.91 Å². The van der Waals surface area contributed by atoms with Gasteiger partial charge in [-0.25, -0.2) is 9.50 Å². The van der Waals surface area contributed by atoms with Crippen LogP contribution < -0.4 is 14.8 Å². The van der Waals surface area contributed by atoms with Gasteiger partial charge < -0.3 is 14.8 Å². The molecule has 0 saturated carbocycles. The first-order valence-corrected chi connectivity index (χ1v) is 11.7. The molecule has 5 rings (SSSR count). The number of aromatic amines is 1. The second-order valence-corrected chi connectivity index (χ2v) is 8.99. The lowest BCUT2D eigenvalue weighted by molar-refractivity contribution is -0.0494. The average Bonchev–Trinajstić information content (AvgIpc) is 3.57. The summed E-state index contributed by atoms with van der Waals surface area (Å²) < 4.78 is 38.6. The predicted octanol–water partition coefficient (Wildman–Crippen LogP) is 5.68. The van der Waals surface area contributed by atoms with Gasteiger partial charge in [-0.2, -0.15) is 19.0 Å². The van der Waals surface area contributed by atoms with Crippen LogP contribution in [0.1, 0.15) is 29.8 Å². The van der Waals surface area contributed by atoms with Crippen LogP contribution in [-0.4, -0.2) is 37.3 Å². The number of ether oxygens (including phenoxy) is 2. The van der Waals surface area contributed by atoms with Gasteiger partial charge in [0.05, 0.1) is 29.2 Å². The number of carbonyl (C=O) groups excluding carboxylic acids is 1. The van der Waals surface area contributed by atoms with Crippen molar-refractivity contribution in [3.8, 4) is 40.8 Å². The standard InChI is InChI=1S/C28H22F2N6O3/c1-4-28(2,3)17-6-8-18(9-7-17)38-19-10-11-23(39-27(29)30)20(14-19)24-22(16-32-35-24)34-26(37)21-15-33-36-13-5-12-31-25(21)36/h1,5-16,27H,2-3H3,(H,32,35)(H,34,37). The summed E-state index contributed by atoms with van der Waals surface area (Å²) in [6.45, 7) is 0.793. The summed E-state index contributed by atoms with van der Waals surface area (Å²) in [7, 11) is 0. The molecule has 0 spiro atoms. The van der Waals surface area contributed by atoms with Crippen molar-refractivity contribution in [2.24, 2.45) is 0 Å². The van der Waals surface area contributed by atoms with Gasteiger partial charge in [-0.1, -0.05) is 18.1 Å². The van der Waals surface area contributed by atoms with Crippen LogP contribution in [0.2, 0.25) is 0 Å².